The lowest BCUT2D eigenvalue weighted by molar-refractivity contribution is -0.260. The molecule has 19 heavy (non-hydrogen) atoms. The summed E-state index contributed by atoms with van der Waals surface area (Å²) in [5, 5.41) is 0. The summed E-state index contributed by atoms with van der Waals surface area (Å²) < 4.78 is 93.9. The lowest BCUT2D eigenvalue weighted by atomic mass is 10.7. The van der Waals surface area contributed by atoms with Crippen molar-refractivity contribution in [2.75, 3.05) is 0 Å². The summed E-state index contributed by atoms with van der Waals surface area (Å²) in [4.78, 5) is 9.49. The van der Waals surface area contributed by atoms with E-state index >= 15 is 0 Å². The number of nitrogens with two attached hydrogens (primary N) is 1. The van der Waals surface area contributed by atoms with Crippen LogP contribution in [0.1, 0.15) is 0 Å². The Hall–Kier alpha value is 0.350. The van der Waals surface area contributed by atoms with E-state index in [1.54, 1.807) is 0 Å². The molecule has 0 aliphatic carbocycles. The van der Waals surface area contributed by atoms with Crippen molar-refractivity contribution in [3.63, 3.8) is 0 Å². The molecule has 0 spiro atoms. The molecule has 0 aromatic heterocycles. The number of alkyl halides is 8. The quantitative estimate of drug-likeness (QED) is 0.254. The van der Waals surface area contributed by atoms with Crippen molar-refractivity contribution in [2.24, 2.45) is 5.73 Å². The van der Waals surface area contributed by atoms with Gasteiger partial charge in [0.05, 0.1) is 0 Å². The zero-order valence-corrected chi connectivity index (χ0v) is 13.2. The van der Waals surface area contributed by atoms with Crippen LogP contribution in [0.5, 0.6) is 0 Å². The van der Waals surface area contributed by atoms with E-state index in [0.29, 0.717) is 22.6 Å². The van der Waals surface area contributed by atoms with E-state index in [4.69, 9.17) is 0 Å². The summed E-state index contributed by atoms with van der Waals surface area (Å²) in [6.45, 7) is 0. The van der Waals surface area contributed by atoms with Crippen molar-refractivity contribution < 1.29 is 47.6 Å². The van der Waals surface area contributed by atoms with Gasteiger partial charge in [0.1, 0.15) is 0 Å². The fourth-order valence-corrected chi connectivity index (χ4v) is 0.786. The zero-order valence-electron chi connectivity index (χ0n) is 8.02. The predicted molar refractivity (Wildman–Crippen MR) is 63.2 cm³/mol. The molecule has 0 aromatic carbocycles. The highest BCUT2D eigenvalue weighted by molar-refractivity contribution is 14.1. The first-order chi connectivity index (χ1) is 7.90. The van der Waals surface area contributed by atoms with Crippen LogP contribution in [0.3, 0.4) is 0 Å². The topological polar surface area (TPSA) is 86.5 Å². The molecule has 0 aliphatic rings. The van der Waals surface area contributed by atoms with E-state index in [2.05, 4.69) is 9.92 Å². The van der Waals surface area contributed by atoms with E-state index in [9.17, 15) is 43.4 Å². The van der Waals surface area contributed by atoms with Crippen LogP contribution < -0.4 is 5.73 Å². The van der Waals surface area contributed by atoms with E-state index in [0.717, 1.165) is 0 Å². The Balaban J connectivity index is 0. The first-order valence-electron chi connectivity index (χ1n) is 3.36. The van der Waals surface area contributed by atoms with E-state index in [1.165, 1.54) is 0 Å². The van der Waals surface area contributed by atoms with Crippen molar-refractivity contribution in [3.8, 4) is 0 Å². The number of carbonyl (C=O) groups excluding carboxylic acids is 1. The number of primary amides is 1. The SMILES string of the molecule is NC(=O)C(F)(F)I.O=S(=O)(F)OC(F)(F)C(F)(F)I. The number of amides is 1. The minimum atomic E-state index is -6.10. The molecule has 116 valence electrons. The number of hydrogen-bond donors (Lipinski definition) is 1. The van der Waals surface area contributed by atoms with Crippen molar-refractivity contribution in [1.82, 2.24) is 0 Å². The van der Waals surface area contributed by atoms with Crippen LogP contribution in [0.4, 0.5) is 30.2 Å². The minimum absolute atomic E-state index is 0.0801. The molecule has 2 N–H and O–H groups in total. The Labute approximate surface area is 128 Å². The first-order valence-corrected chi connectivity index (χ1v) is 6.83. The van der Waals surface area contributed by atoms with E-state index in [-0.39, 0.29) is 22.6 Å². The second kappa shape index (κ2) is 6.87. The van der Waals surface area contributed by atoms with Gasteiger partial charge < -0.3 is 5.73 Å². The summed E-state index contributed by atoms with van der Waals surface area (Å²) >= 11 is 0.579. The van der Waals surface area contributed by atoms with Gasteiger partial charge in [-0.1, -0.05) is 3.89 Å². The lowest BCUT2D eigenvalue weighted by Gasteiger charge is -2.17. The Morgan fingerprint density at radius 2 is 1.32 bits per heavy atom. The molecule has 0 radical (unpaired) electrons. The second-order valence-corrected chi connectivity index (χ2v) is 6.02. The van der Waals surface area contributed by atoms with Crippen molar-refractivity contribution in [2.45, 2.75) is 14.0 Å². The number of halogens is 9. The van der Waals surface area contributed by atoms with Crippen molar-refractivity contribution >= 4 is 61.6 Å². The van der Waals surface area contributed by atoms with Gasteiger partial charge in [-0.15, -0.1) is 0 Å². The van der Waals surface area contributed by atoms with Gasteiger partial charge in [0.2, 0.25) is 0 Å². The Morgan fingerprint density at radius 3 is 1.37 bits per heavy atom. The van der Waals surface area contributed by atoms with E-state index in [1.807, 2.05) is 0 Å². The highest BCUT2D eigenvalue weighted by Gasteiger charge is 2.59. The fourth-order valence-electron chi connectivity index (χ4n) is 0.172. The van der Waals surface area contributed by atoms with Gasteiger partial charge in [0.25, 0.3) is 5.91 Å². The van der Waals surface area contributed by atoms with Gasteiger partial charge in [-0.05, 0) is 0 Å². The fraction of sp³-hybridized carbons (Fsp3) is 0.750. The Kier molecular flexibility index (Phi) is 7.83. The summed E-state index contributed by atoms with van der Waals surface area (Å²) in [6.07, 6.45) is -5.39. The number of carbonyl (C=O) groups is 1. The second-order valence-electron chi connectivity index (χ2n) is 2.35. The Bertz CT molecular complexity index is 416. The highest BCUT2D eigenvalue weighted by atomic mass is 127. The molecule has 15 heteroatoms. The molecular formula is C4H2F7I2NO4S. The molecular weight excluding hydrogens is 545 g/mol. The highest BCUT2D eigenvalue weighted by Crippen LogP contribution is 2.41. The minimum Gasteiger partial charge on any atom is -0.364 e. The van der Waals surface area contributed by atoms with Crippen LogP contribution in [0.25, 0.3) is 0 Å². The van der Waals surface area contributed by atoms with Crippen molar-refractivity contribution in [3.05, 3.63) is 0 Å². The molecule has 0 fully saturated rings. The smallest absolute Gasteiger partial charge is 0.364 e. The van der Waals surface area contributed by atoms with Crippen LogP contribution in [0.2, 0.25) is 0 Å². The lowest BCUT2D eigenvalue weighted by Crippen LogP contribution is -2.38. The largest absolute Gasteiger partial charge is 0.445 e. The third-order valence-corrected chi connectivity index (χ3v) is 2.38. The Morgan fingerprint density at radius 1 is 1.05 bits per heavy atom. The van der Waals surface area contributed by atoms with Gasteiger partial charge in [0, 0.05) is 45.2 Å². The maximum absolute atomic E-state index is 11.8. The summed E-state index contributed by atoms with van der Waals surface area (Å²) in [7, 11) is -6.10. The molecule has 0 saturated carbocycles. The van der Waals surface area contributed by atoms with Crippen LogP contribution in [0, 0.1) is 0 Å². The third kappa shape index (κ3) is 10.8. The third-order valence-electron chi connectivity index (χ3n) is 0.814. The molecule has 0 rings (SSSR count). The monoisotopic (exact) mass is 547 g/mol. The van der Waals surface area contributed by atoms with Gasteiger partial charge in [-0.3, -0.25) is 4.79 Å². The molecule has 0 saturated heterocycles. The van der Waals surface area contributed by atoms with Gasteiger partial charge >= 0.3 is 24.5 Å². The van der Waals surface area contributed by atoms with Crippen LogP contribution in [-0.4, -0.2) is 28.3 Å². The molecule has 0 bridgehead atoms. The number of rotatable bonds is 4. The normalized spacial score (nSPS) is 13.5. The van der Waals surface area contributed by atoms with E-state index < -0.39 is 30.4 Å². The summed E-state index contributed by atoms with van der Waals surface area (Å²) in [5.41, 5.74) is 4.17. The van der Waals surface area contributed by atoms with Crippen LogP contribution >= 0.6 is 45.2 Å². The molecule has 0 aliphatic heterocycles. The van der Waals surface area contributed by atoms with Crippen molar-refractivity contribution in [1.29, 1.82) is 0 Å². The first kappa shape index (κ1) is 21.6. The summed E-state index contributed by atoms with van der Waals surface area (Å²) in [6, 6.07) is 0. The van der Waals surface area contributed by atoms with Crippen LogP contribution in [-0.2, 0) is 19.5 Å². The van der Waals surface area contributed by atoms with Gasteiger partial charge in [0.15, 0.2) is 0 Å². The molecule has 0 heterocycles. The van der Waals surface area contributed by atoms with Crippen LogP contribution in [0.15, 0.2) is 0 Å². The standard InChI is InChI=1S/C2F5IO3S.C2H2F2INO/c3-1(4,8)2(5,6)11-12(7,9)10;3-2(4,5)1(6)7/h;(H2,6,7). The maximum atomic E-state index is 11.8. The average molecular weight is 547 g/mol. The van der Waals surface area contributed by atoms with Gasteiger partial charge in [-0.2, -0.15) is 38.9 Å². The zero-order chi connectivity index (χ0) is 16.3. The maximum Gasteiger partial charge on any atom is 0.445 e. The molecule has 0 atom stereocenters. The number of hydrogen-bond acceptors (Lipinski definition) is 4. The molecule has 5 nitrogen and oxygen atoms in total. The summed E-state index contributed by atoms with van der Waals surface area (Å²) in [5.74, 6) is -1.60. The van der Waals surface area contributed by atoms with Gasteiger partial charge in [-0.25, -0.2) is 0 Å². The average Bonchev–Trinajstić information content (AvgIpc) is 1.95. The predicted octanol–water partition coefficient (Wildman–Crippen LogP) is 2.34. The molecule has 1 amide bonds. The molecule has 0 aromatic rings. The molecule has 0 unspecified atom stereocenters.